The molecule has 0 spiro atoms. The van der Waals surface area contributed by atoms with Crippen LogP contribution in [0.15, 0.2) is 47.3 Å². The molecule has 2 heterocycles. The largest absolute Gasteiger partial charge is 0.472 e. The first kappa shape index (κ1) is 19.9. The number of amides is 3. The number of hydrogen-bond acceptors (Lipinski definition) is 4. The molecule has 3 rings (SSSR count). The van der Waals surface area contributed by atoms with Crippen LogP contribution in [-0.4, -0.2) is 47.8 Å². The molecule has 28 heavy (non-hydrogen) atoms. The van der Waals surface area contributed by atoms with E-state index >= 15 is 0 Å². The lowest BCUT2D eigenvalue weighted by molar-refractivity contribution is -0.123. The fourth-order valence-electron chi connectivity index (χ4n) is 3.11. The normalized spacial score (nSPS) is 15.7. The van der Waals surface area contributed by atoms with Gasteiger partial charge in [0.1, 0.15) is 12.3 Å². The zero-order chi connectivity index (χ0) is 20.1. The van der Waals surface area contributed by atoms with Gasteiger partial charge in [0, 0.05) is 19.1 Å². The zero-order valence-electron chi connectivity index (χ0n) is 15.5. The van der Waals surface area contributed by atoms with Crippen LogP contribution in [0, 0.1) is 0 Å². The van der Waals surface area contributed by atoms with Gasteiger partial charge in [-0.1, -0.05) is 23.7 Å². The van der Waals surface area contributed by atoms with Crippen LogP contribution in [0.5, 0.6) is 0 Å². The van der Waals surface area contributed by atoms with Gasteiger partial charge in [-0.05, 0) is 38.0 Å². The summed E-state index contributed by atoms with van der Waals surface area (Å²) in [6.45, 7) is 2.73. The fourth-order valence-corrected chi connectivity index (χ4v) is 3.33. The lowest BCUT2D eigenvalue weighted by Crippen LogP contribution is -2.51. The van der Waals surface area contributed by atoms with Crippen molar-refractivity contribution in [3.63, 3.8) is 0 Å². The molecule has 1 unspecified atom stereocenters. The molecule has 0 saturated carbocycles. The summed E-state index contributed by atoms with van der Waals surface area (Å²) in [5, 5.41) is 5.94. The molecule has 8 heteroatoms. The van der Waals surface area contributed by atoms with Gasteiger partial charge in [-0.25, -0.2) is 0 Å². The Labute approximate surface area is 168 Å². The van der Waals surface area contributed by atoms with Crippen molar-refractivity contribution in [3.8, 4) is 0 Å². The minimum Gasteiger partial charge on any atom is -0.472 e. The van der Waals surface area contributed by atoms with Crippen LogP contribution in [0.3, 0.4) is 0 Å². The van der Waals surface area contributed by atoms with Gasteiger partial charge < -0.3 is 20.0 Å². The number of nitrogens with one attached hydrogen (secondary N) is 2. The Balaban J connectivity index is 1.47. The Morgan fingerprint density at radius 2 is 1.89 bits per heavy atom. The maximum Gasteiger partial charge on any atom is 0.257 e. The van der Waals surface area contributed by atoms with Crippen LogP contribution in [0.2, 0.25) is 5.02 Å². The monoisotopic (exact) mass is 403 g/mol. The molecular formula is C20H22ClN3O4. The van der Waals surface area contributed by atoms with Crippen molar-refractivity contribution in [2.45, 2.75) is 31.8 Å². The molecule has 1 saturated heterocycles. The van der Waals surface area contributed by atoms with Crippen molar-refractivity contribution < 1.29 is 18.8 Å². The standard InChI is InChI=1S/C20H22ClN3O4/c1-13(22-19(26)16-4-2-3-5-17(16)21)18(25)23-15-6-9-24(10-7-15)20(27)14-8-11-28-12-14/h2-5,8,11-13,15H,6-7,9-10H2,1H3,(H,22,26)(H,23,25). The van der Waals surface area contributed by atoms with Gasteiger partial charge >= 0.3 is 0 Å². The van der Waals surface area contributed by atoms with Crippen LogP contribution in [0.1, 0.15) is 40.5 Å². The number of rotatable bonds is 5. The number of nitrogens with zero attached hydrogens (tertiary/aromatic N) is 1. The highest BCUT2D eigenvalue weighted by Gasteiger charge is 2.26. The lowest BCUT2D eigenvalue weighted by atomic mass is 10.0. The zero-order valence-corrected chi connectivity index (χ0v) is 16.2. The summed E-state index contributed by atoms with van der Waals surface area (Å²) in [5.41, 5.74) is 0.855. The second kappa shape index (κ2) is 8.93. The molecule has 3 amide bonds. The Morgan fingerprint density at radius 1 is 1.18 bits per heavy atom. The van der Waals surface area contributed by atoms with Gasteiger partial charge in [-0.2, -0.15) is 0 Å². The van der Waals surface area contributed by atoms with E-state index in [0.29, 0.717) is 42.1 Å². The number of piperidine rings is 1. The minimum atomic E-state index is -0.700. The van der Waals surface area contributed by atoms with Gasteiger partial charge in [0.2, 0.25) is 5.91 Å². The van der Waals surface area contributed by atoms with Crippen molar-refractivity contribution in [2.75, 3.05) is 13.1 Å². The molecule has 1 aromatic carbocycles. The highest BCUT2D eigenvalue weighted by atomic mass is 35.5. The summed E-state index contributed by atoms with van der Waals surface area (Å²) in [6, 6.07) is 7.58. The van der Waals surface area contributed by atoms with E-state index in [2.05, 4.69) is 10.6 Å². The first-order chi connectivity index (χ1) is 13.5. The topological polar surface area (TPSA) is 91.7 Å². The summed E-state index contributed by atoms with van der Waals surface area (Å²) in [7, 11) is 0. The minimum absolute atomic E-state index is 0.0411. The molecule has 0 radical (unpaired) electrons. The molecule has 1 aliphatic heterocycles. The molecule has 0 bridgehead atoms. The van der Waals surface area contributed by atoms with Crippen molar-refractivity contribution in [1.82, 2.24) is 15.5 Å². The number of halogens is 1. The van der Waals surface area contributed by atoms with E-state index in [-0.39, 0.29) is 17.9 Å². The Kier molecular flexibility index (Phi) is 6.36. The Morgan fingerprint density at radius 3 is 2.54 bits per heavy atom. The van der Waals surface area contributed by atoms with Crippen molar-refractivity contribution >= 4 is 29.3 Å². The second-order valence-corrected chi connectivity index (χ2v) is 7.17. The number of furan rings is 1. The van der Waals surface area contributed by atoms with E-state index < -0.39 is 11.9 Å². The number of carbonyl (C=O) groups is 3. The molecule has 0 aliphatic carbocycles. The average molecular weight is 404 g/mol. The second-order valence-electron chi connectivity index (χ2n) is 6.76. The SMILES string of the molecule is CC(NC(=O)c1ccccc1Cl)C(=O)NC1CCN(C(=O)c2ccoc2)CC1. The molecular weight excluding hydrogens is 382 g/mol. The molecule has 1 atom stereocenters. The number of hydrogen-bond donors (Lipinski definition) is 2. The van der Waals surface area contributed by atoms with Crippen molar-refractivity contribution in [3.05, 3.63) is 59.0 Å². The first-order valence-corrected chi connectivity index (χ1v) is 9.50. The fraction of sp³-hybridized carbons (Fsp3) is 0.350. The van der Waals surface area contributed by atoms with E-state index in [1.807, 2.05) is 0 Å². The molecule has 1 aliphatic rings. The molecule has 1 aromatic heterocycles. The van der Waals surface area contributed by atoms with Gasteiger partial charge in [0.15, 0.2) is 0 Å². The molecule has 7 nitrogen and oxygen atoms in total. The third kappa shape index (κ3) is 4.72. The number of likely N-dealkylation sites (tertiary alicyclic amines) is 1. The first-order valence-electron chi connectivity index (χ1n) is 9.13. The quantitative estimate of drug-likeness (QED) is 0.802. The van der Waals surface area contributed by atoms with Gasteiger partial charge in [-0.15, -0.1) is 0 Å². The molecule has 2 N–H and O–H groups in total. The highest BCUT2D eigenvalue weighted by Crippen LogP contribution is 2.16. The average Bonchev–Trinajstić information content (AvgIpc) is 3.23. The number of benzene rings is 1. The van der Waals surface area contributed by atoms with Crippen LogP contribution in [-0.2, 0) is 4.79 Å². The van der Waals surface area contributed by atoms with Crippen LogP contribution in [0.4, 0.5) is 0 Å². The van der Waals surface area contributed by atoms with Gasteiger partial charge in [0.05, 0.1) is 22.4 Å². The Bertz CT molecular complexity index is 845. The third-order valence-corrected chi connectivity index (χ3v) is 5.09. The predicted octanol–water partition coefficient (Wildman–Crippen LogP) is 2.47. The van der Waals surface area contributed by atoms with Gasteiger partial charge in [0.25, 0.3) is 11.8 Å². The third-order valence-electron chi connectivity index (χ3n) is 4.76. The highest BCUT2D eigenvalue weighted by molar-refractivity contribution is 6.33. The maximum absolute atomic E-state index is 12.4. The van der Waals surface area contributed by atoms with E-state index in [0.717, 1.165) is 0 Å². The molecule has 1 fully saturated rings. The maximum atomic E-state index is 12.4. The molecule has 2 aromatic rings. The molecule has 148 valence electrons. The van der Waals surface area contributed by atoms with Crippen LogP contribution < -0.4 is 10.6 Å². The van der Waals surface area contributed by atoms with Gasteiger partial charge in [-0.3, -0.25) is 14.4 Å². The predicted molar refractivity (Wildman–Crippen MR) is 104 cm³/mol. The van der Waals surface area contributed by atoms with Crippen LogP contribution >= 0.6 is 11.6 Å². The number of carbonyl (C=O) groups excluding carboxylic acids is 3. The lowest BCUT2D eigenvalue weighted by Gasteiger charge is -2.32. The van der Waals surface area contributed by atoms with E-state index in [4.69, 9.17) is 16.0 Å². The van der Waals surface area contributed by atoms with Crippen molar-refractivity contribution in [1.29, 1.82) is 0 Å². The smallest absolute Gasteiger partial charge is 0.257 e. The Hall–Kier alpha value is -2.80. The summed E-state index contributed by atoms with van der Waals surface area (Å²) in [4.78, 5) is 38.7. The van der Waals surface area contributed by atoms with E-state index in [9.17, 15) is 14.4 Å². The summed E-state index contributed by atoms with van der Waals surface area (Å²) in [6.07, 6.45) is 4.21. The summed E-state index contributed by atoms with van der Waals surface area (Å²) < 4.78 is 4.95. The van der Waals surface area contributed by atoms with Crippen LogP contribution in [0.25, 0.3) is 0 Å². The van der Waals surface area contributed by atoms with E-state index in [1.165, 1.54) is 12.5 Å². The van der Waals surface area contributed by atoms with E-state index in [1.54, 1.807) is 42.2 Å². The summed E-state index contributed by atoms with van der Waals surface area (Å²) >= 11 is 6.01. The van der Waals surface area contributed by atoms with Crippen molar-refractivity contribution in [2.24, 2.45) is 0 Å². The summed E-state index contributed by atoms with van der Waals surface area (Å²) in [5.74, 6) is -0.729.